The zero-order valence-electron chi connectivity index (χ0n) is 47.8. The number of carbonyl (C=O) groups excluding carboxylic acids is 5. The molecule has 428 valence electrons. The van der Waals surface area contributed by atoms with E-state index in [2.05, 4.69) is 27.7 Å². The lowest BCUT2D eigenvalue weighted by atomic mass is 10.1. The topological polar surface area (TPSA) is 141 Å². The molecule has 0 aliphatic heterocycles. The van der Waals surface area contributed by atoms with Gasteiger partial charge in [0.1, 0.15) is 6.61 Å². The number of esters is 5. The molecule has 1 aromatic carbocycles. The van der Waals surface area contributed by atoms with E-state index in [0.717, 1.165) is 82.6 Å². The van der Waals surface area contributed by atoms with Gasteiger partial charge in [0.25, 0.3) is 0 Å². The Labute approximate surface area is 451 Å². The van der Waals surface area contributed by atoms with Gasteiger partial charge >= 0.3 is 29.8 Å². The molecule has 0 saturated carbocycles. The third-order valence-electron chi connectivity index (χ3n) is 13.5. The van der Waals surface area contributed by atoms with E-state index in [-0.39, 0.29) is 64.9 Å². The number of benzene rings is 1. The summed E-state index contributed by atoms with van der Waals surface area (Å²) >= 11 is 0. The second-order valence-corrected chi connectivity index (χ2v) is 20.6. The third kappa shape index (κ3) is 44.7. The predicted molar refractivity (Wildman–Crippen MR) is 300 cm³/mol. The van der Waals surface area contributed by atoms with Gasteiger partial charge in [0.2, 0.25) is 0 Å². The molecule has 0 N–H and O–H groups in total. The molecule has 74 heavy (non-hydrogen) atoms. The van der Waals surface area contributed by atoms with Gasteiger partial charge in [-0.1, -0.05) is 238 Å². The summed E-state index contributed by atoms with van der Waals surface area (Å²) in [5, 5.41) is 0. The predicted octanol–water partition coefficient (Wildman–Crippen LogP) is 13.4. The van der Waals surface area contributed by atoms with Crippen LogP contribution in [-0.2, 0) is 54.3 Å². The van der Waals surface area contributed by atoms with Crippen LogP contribution >= 0.6 is 0 Å². The van der Waals surface area contributed by atoms with Gasteiger partial charge in [0.15, 0.2) is 0 Å². The van der Waals surface area contributed by atoms with Gasteiger partial charge in [-0.3, -0.25) is 38.7 Å². The molecular weight excluding hydrogens is 935 g/mol. The smallest absolute Gasteiger partial charge is 0.320 e. The van der Waals surface area contributed by atoms with Crippen LogP contribution in [0.1, 0.15) is 239 Å². The van der Waals surface area contributed by atoms with Crippen LogP contribution in [0.15, 0.2) is 30.3 Å². The lowest BCUT2D eigenvalue weighted by Gasteiger charge is -2.28. The SMILES string of the molecule is CCCCCCCCCCOC(=O)CN(CCN(CC(=O)OCCCCCCCCCC)CC(=O)OCCCCCCCCCC)CCN(CC(=O)OCCCCCCCCCC)CC(=O)OCc1ccccc1. The third-order valence-corrected chi connectivity index (χ3v) is 13.5. The first-order chi connectivity index (χ1) is 36.2. The number of carbonyl (C=O) groups is 5. The normalized spacial score (nSPS) is 11.4. The highest BCUT2D eigenvalue weighted by molar-refractivity contribution is 5.76. The van der Waals surface area contributed by atoms with Crippen molar-refractivity contribution in [2.75, 3.05) is 85.3 Å². The van der Waals surface area contributed by atoms with Crippen molar-refractivity contribution in [2.45, 2.75) is 240 Å². The first-order valence-electron chi connectivity index (χ1n) is 30.2. The van der Waals surface area contributed by atoms with Crippen molar-refractivity contribution in [3.05, 3.63) is 35.9 Å². The number of hydrogen-bond donors (Lipinski definition) is 0. The molecule has 0 spiro atoms. The molecule has 0 aromatic heterocycles. The number of unbranched alkanes of at least 4 members (excludes halogenated alkanes) is 28. The average molecular weight is 1040 g/mol. The highest BCUT2D eigenvalue weighted by Gasteiger charge is 2.22. The van der Waals surface area contributed by atoms with E-state index in [0.29, 0.717) is 33.0 Å². The standard InChI is InChI=1S/C61H109N3O10/c1-5-9-13-17-21-25-29-36-46-70-57(65)50-62(43-45-64(54-61(69)74-55-56-40-34-33-35-41-56)53-60(68)73-49-39-32-28-24-20-16-12-8-4)42-44-63(51-58(66)71-47-37-30-26-22-18-14-10-6-2)52-59(67)72-48-38-31-27-23-19-15-11-7-3/h33-35,40-41H,5-32,36-39,42-55H2,1-4H3. The lowest BCUT2D eigenvalue weighted by Crippen LogP contribution is -2.46. The van der Waals surface area contributed by atoms with Crippen molar-refractivity contribution < 1.29 is 47.7 Å². The summed E-state index contributed by atoms with van der Waals surface area (Å²) in [6, 6.07) is 9.44. The molecule has 0 unspecified atom stereocenters. The molecule has 0 saturated heterocycles. The van der Waals surface area contributed by atoms with E-state index in [4.69, 9.17) is 23.7 Å². The number of nitrogens with zero attached hydrogens (tertiary/aromatic N) is 3. The minimum Gasteiger partial charge on any atom is -0.465 e. The molecular formula is C61H109N3O10. The molecule has 1 aromatic rings. The van der Waals surface area contributed by atoms with Gasteiger partial charge in [0, 0.05) is 26.2 Å². The Morgan fingerprint density at radius 2 is 0.527 bits per heavy atom. The van der Waals surface area contributed by atoms with E-state index in [1.165, 1.54) is 128 Å². The molecule has 0 aliphatic carbocycles. The molecule has 0 aliphatic rings. The van der Waals surface area contributed by atoms with E-state index in [1.54, 1.807) is 9.80 Å². The fourth-order valence-electron chi connectivity index (χ4n) is 8.83. The largest absolute Gasteiger partial charge is 0.465 e. The summed E-state index contributed by atoms with van der Waals surface area (Å²) in [7, 11) is 0. The van der Waals surface area contributed by atoms with Gasteiger partial charge in [0.05, 0.1) is 59.2 Å². The van der Waals surface area contributed by atoms with Crippen LogP contribution in [0.2, 0.25) is 0 Å². The highest BCUT2D eigenvalue weighted by Crippen LogP contribution is 2.13. The monoisotopic (exact) mass is 1040 g/mol. The van der Waals surface area contributed by atoms with Gasteiger partial charge in [-0.25, -0.2) is 0 Å². The zero-order valence-corrected chi connectivity index (χ0v) is 47.8. The van der Waals surface area contributed by atoms with Gasteiger partial charge < -0.3 is 23.7 Å². The van der Waals surface area contributed by atoms with Crippen LogP contribution in [-0.4, -0.2) is 130 Å². The molecule has 0 bridgehead atoms. The summed E-state index contributed by atoms with van der Waals surface area (Å²) in [6.45, 7) is 10.8. The maximum atomic E-state index is 13.5. The molecule has 13 nitrogen and oxygen atoms in total. The molecule has 0 radical (unpaired) electrons. The van der Waals surface area contributed by atoms with Crippen molar-refractivity contribution in [3.63, 3.8) is 0 Å². The van der Waals surface area contributed by atoms with Gasteiger partial charge in [-0.05, 0) is 31.2 Å². The first-order valence-corrected chi connectivity index (χ1v) is 30.2. The Kier molecular flexibility index (Phi) is 47.7. The lowest BCUT2D eigenvalue weighted by molar-refractivity contribution is -0.150. The van der Waals surface area contributed by atoms with Gasteiger partial charge in [-0.2, -0.15) is 0 Å². The zero-order chi connectivity index (χ0) is 53.8. The summed E-state index contributed by atoms with van der Waals surface area (Å²) in [6.07, 6.45) is 36.2. The Balaban J connectivity index is 3.12. The molecule has 0 atom stereocenters. The van der Waals surface area contributed by atoms with E-state index in [1.807, 2.05) is 35.2 Å². The van der Waals surface area contributed by atoms with Crippen LogP contribution in [0.4, 0.5) is 0 Å². The Hall–Kier alpha value is -3.55. The fraction of sp³-hybridized carbons (Fsp3) is 0.820. The van der Waals surface area contributed by atoms with Crippen LogP contribution < -0.4 is 0 Å². The van der Waals surface area contributed by atoms with E-state index < -0.39 is 23.9 Å². The van der Waals surface area contributed by atoms with Gasteiger partial charge in [-0.15, -0.1) is 0 Å². The number of hydrogen-bond acceptors (Lipinski definition) is 13. The fourth-order valence-corrected chi connectivity index (χ4v) is 8.83. The second kappa shape index (κ2) is 51.6. The quantitative estimate of drug-likeness (QED) is 0.0347. The minimum atomic E-state index is -0.483. The molecule has 1 rings (SSSR count). The van der Waals surface area contributed by atoms with Crippen molar-refractivity contribution in [1.82, 2.24) is 14.7 Å². The van der Waals surface area contributed by atoms with Crippen LogP contribution in [0.5, 0.6) is 0 Å². The summed E-state index contributed by atoms with van der Waals surface area (Å²) in [5.41, 5.74) is 0.854. The molecule has 13 heteroatoms. The average Bonchev–Trinajstić information content (AvgIpc) is 3.39. The second-order valence-electron chi connectivity index (χ2n) is 20.6. The van der Waals surface area contributed by atoms with Crippen LogP contribution in [0, 0.1) is 0 Å². The van der Waals surface area contributed by atoms with Crippen LogP contribution in [0.25, 0.3) is 0 Å². The summed E-state index contributed by atoms with van der Waals surface area (Å²) in [5.74, 6) is -2.12. The number of ether oxygens (including phenoxy) is 5. The van der Waals surface area contributed by atoms with E-state index in [9.17, 15) is 24.0 Å². The Morgan fingerprint density at radius 3 is 0.811 bits per heavy atom. The van der Waals surface area contributed by atoms with Crippen molar-refractivity contribution in [1.29, 1.82) is 0 Å². The summed E-state index contributed by atoms with van der Waals surface area (Å²) < 4.78 is 28.4. The molecule has 0 fully saturated rings. The first kappa shape index (κ1) is 68.5. The van der Waals surface area contributed by atoms with Crippen LogP contribution in [0.3, 0.4) is 0 Å². The van der Waals surface area contributed by atoms with Crippen molar-refractivity contribution in [2.24, 2.45) is 0 Å². The van der Waals surface area contributed by atoms with E-state index >= 15 is 0 Å². The molecule has 0 amide bonds. The minimum absolute atomic E-state index is 0.0498. The maximum absolute atomic E-state index is 13.5. The number of rotatable bonds is 54. The highest BCUT2D eigenvalue weighted by atomic mass is 16.5. The maximum Gasteiger partial charge on any atom is 0.320 e. The van der Waals surface area contributed by atoms with Crippen molar-refractivity contribution >= 4 is 29.8 Å². The summed E-state index contributed by atoms with van der Waals surface area (Å²) in [4.78, 5) is 71.9. The Morgan fingerprint density at radius 1 is 0.297 bits per heavy atom. The Bertz CT molecular complexity index is 1450. The molecule has 0 heterocycles. The van der Waals surface area contributed by atoms with Crippen molar-refractivity contribution in [3.8, 4) is 0 Å².